The largest absolute Gasteiger partial charge is 0.387 e. The molecule has 1 atom stereocenters. The molecule has 0 aliphatic carbocycles. The number of nitrogens with zero attached hydrogens (tertiary/aromatic N) is 2. The maximum atomic E-state index is 10.3. The Balaban J connectivity index is 1.82. The van der Waals surface area contributed by atoms with Crippen molar-refractivity contribution in [2.45, 2.75) is 19.1 Å². The summed E-state index contributed by atoms with van der Waals surface area (Å²) >= 11 is 0. The zero-order valence-electron chi connectivity index (χ0n) is 12.4. The zero-order chi connectivity index (χ0) is 15.1. The van der Waals surface area contributed by atoms with Crippen LogP contribution in [0.2, 0.25) is 0 Å². The van der Waals surface area contributed by atoms with Crippen molar-refractivity contribution in [2.24, 2.45) is 5.73 Å². The molecule has 0 bridgehead atoms. The number of benzene rings is 1. The molecule has 2 rings (SSSR count). The molecule has 0 saturated heterocycles. The van der Waals surface area contributed by atoms with Gasteiger partial charge in [0.05, 0.1) is 6.10 Å². The number of pyridine rings is 1. The van der Waals surface area contributed by atoms with Crippen LogP contribution in [0.3, 0.4) is 0 Å². The van der Waals surface area contributed by atoms with Gasteiger partial charge in [-0.05, 0) is 42.3 Å². The predicted molar refractivity (Wildman–Crippen MR) is 84.7 cm³/mol. The highest BCUT2D eigenvalue weighted by molar-refractivity contribution is 5.24. The molecule has 2 aromatic rings. The van der Waals surface area contributed by atoms with E-state index >= 15 is 0 Å². The van der Waals surface area contributed by atoms with Gasteiger partial charge in [0, 0.05) is 32.0 Å². The van der Waals surface area contributed by atoms with Crippen molar-refractivity contribution in [1.82, 2.24) is 9.88 Å². The molecule has 4 nitrogen and oxygen atoms in total. The molecule has 0 aliphatic heterocycles. The first-order valence-electron chi connectivity index (χ1n) is 7.23. The highest BCUT2D eigenvalue weighted by Gasteiger charge is 2.10. The molecular formula is C17H23N3O. The molecule has 0 saturated carbocycles. The predicted octanol–water partition coefficient (Wildman–Crippen LogP) is 1.75. The molecule has 1 aromatic heterocycles. The van der Waals surface area contributed by atoms with Gasteiger partial charge in [-0.3, -0.25) is 4.98 Å². The fourth-order valence-electron chi connectivity index (χ4n) is 2.24. The van der Waals surface area contributed by atoms with E-state index < -0.39 is 6.10 Å². The van der Waals surface area contributed by atoms with E-state index in [0.717, 1.165) is 24.1 Å². The first-order chi connectivity index (χ1) is 10.2. The second-order valence-corrected chi connectivity index (χ2v) is 5.33. The lowest BCUT2D eigenvalue weighted by Crippen LogP contribution is -2.26. The first kappa shape index (κ1) is 15.6. The summed E-state index contributed by atoms with van der Waals surface area (Å²) in [6.07, 6.45) is 4.10. The van der Waals surface area contributed by atoms with Gasteiger partial charge in [0.25, 0.3) is 0 Å². The molecule has 4 heteroatoms. The minimum absolute atomic E-state index is 0.473. The van der Waals surface area contributed by atoms with Crippen LogP contribution >= 0.6 is 0 Å². The fraction of sp³-hybridized carbons (Fsp3) is 0.353. The van der Waals surface area contributed by atoms with Gasteiger partial charge in [-0.1, -0.05) is 24.3 Å². The Morgan fingerprint density at radius 3 is 2.38 bits per heavy atom. The smallest absolute Gasteiger partial charge is 0.0916 e. The monoisotopic (exact) mass is 285 g/mol. The molecule has 0 amide bonds. The number of hydrogen-bond donors (Lipinski definition) is 2. The first-order valence-corrected chi connectivity index (χ1v) is 7.23. The van der Waals surface area contributed by atoms with Crippen LogP contribution in [0.4, 0.5) is 0 Å². The molecule has 0 radical (unpaired) electrons. The van der Waals surface area contributed by atoms with Gasteiger partial charge < -0.3 is 15.7 Å². The van der Waals surface area contributed by atoms with E-state index in [1.165, 1.54) is 5.56 Å². The van der Waals surface area contributed by atoms with Gasteiger partial charge in [-0.25, -0.2) is 0 Å². The molecule has 1 aromatic carbocycles. The van der Waals surface area contributed by atoms with Crippen molar-refractivity contribution >= 4 is 0 Å². The van der Waals surface area contributed by atoms with E-state index in [1.807, 2.05) is 55.8 Å². The molecule has 0 aliphatic rings. The number of nitrogens with two attached hydrogens (primary N) is 1. The van der Waals surface area contributed by atoms with Crippen LogP contribution in [0, 0.1) is 0 Å². The van der Waals surface area contributed by atoms with Gasteiger partial charge >= 0.3 is 0 Å². The second kappa shape index (κ2) is 7.88. The van der Waals surface area contributed by atoms with E-state index in [0.29, 0.717) is 13.1 Å². The minimum atomic E-state index is -0.473. The topological polar surface area (TPSA) is 62.4 Å². The zero-order valence-corrected chi connectivity index (χ0v) is 12.4. The normalized spacial score (nSPS) is 12.6. The highest BCUT2D eigenvalue weighted by Crippen LogP contribution is 2.15. The highest BCUT2D eigenvalue weighted by atomic mass is 16.3. The van der Waals surface area contributed by atoms with Gasteiger partial charge in [0.15, 0.2) is 0 Å². The molecule has 1 heterocycles. The van der Waals surface area contributed by atoms with Crippen molar-refractivity contribution in [2.75, 3.05) is 20.1 Å². The average molecular weight is 285 g/mol. The van der Waals surface area contributed by atoms with Gasteiger partial charge in [-0.2, -0.15) is 0 Å². The summed E-state index contributed by atoms with van der Waals surface area (Å²) in [6.45, 7) is 2.05. The Kier molecular flexibility index (Phi) is 5.87. The third-order valence-electron chi connectivity index (χ3n) is 3.62. The van der Waals surface area contributed by atoms with E-state index in [2.05, 4.69) is 9.88 Å². The van der Waals surface area contributed by atoms with Gasteiger partial charge in [-0.15, -0.1) is 0 Å². The molecule has 0 fully saturated rings. The lowest BCUT2D eigenvalue weighted by Gasteiger charge is -2.21. The second-order valence-electron chi connectivity index (χ2n) is 5.33. The lowest BCUT2D eigenvalue weighted by atomic mass is 10.1. The SMILES string of the molecule is CN(CCc1ccncc1)CC(O)c1ccc(CN)cc1. The summed E-state index contributed by atoms with van der Waals surface area (Å²) in [5.74, 6) is 0. The number of aliphatic hydroxyl groups is 1. The van der Waals surface area contributed by atoms with Crippen molar-refractivity contribution in [1.29, 1.82) is 0 Å². The number of rotatable bonds is 7. The number of hydrogen-bond acceptors (Lipinski definition) is 4. The van der Waals surface area contributed by atoms with E-state index in [4.69, 9.17) is 5.73 Å². The fourth-order valence-corrected chi connectivity index (χ4v) is 2.24. The number of likely N-dealkylation sites (N-methyl/N-ethyl adjacent to an activating group) is 1. The summed E-state index contributed by atoms with van der Waals surface area (Å²) in [4.78, 5) is 6.15. The Labute approximate surface area is 126 Å². The Bertz CT molecular complexity index is 527. The molecule has 21 heavy (non-hydrogen) atoms. The molecular weight excluding hydrogens is 262 g/mol. The maximum absolute atomic E-state index is 10.3. The van der Waals surface area contributed by atoms with Gasteiger partial charge in [0.1, 0.15) is 0 Å². The third kappa shape index (κ3) is 4.93. The van der Waals surface area contributed by atoms with Crippen LogP contribution in [-0.2, 0) is 13.0 Å². The molecule has 0 spiro atoms. The average Bonchev–Trinajstić information content (AvgIpc) is 2.54. The van der Waals surface area contributed by atoms with Crippen molar-refractivity contribution in [3.63, 3.8) is 0 Å². The Morgan fingerprint density at radius 2 is 1.76 bits per heavy atom. The quantitative estimate of drug-likeness (QED) is 0.813. The summed E-state index contributed by atoms with van der Waals surface area (Å²) < 4.78 is 0. The van der Waals surface area contributed by atoms with E-state index in [1.54, 1.807) is 0 Å². The van der Waals surface area contributed by atoms with Crippen LogP contribution in [0.1, 0.15) is 22.8 Å². The number of aliphatic hydroxyl groups excluding tert-OH is 1. The third-order valence-corrected chi connectivity index (χ3v) is 3.62. The Hall–Kier alpha value is -1.75. The Morgan fingerprint density at radius 1 is 1.10 bits per heavy atom. The molecule has 1 unspecified atom stereocenters. The van der Waals surface area contributed by atoms with Crippen LogP contribution < -0.4 is 5.73 Å². The van der Waals surface area contributed by atoms with Crippen LogP contribution in [0.15, 0.2) is 48.8 Å². The molecule has 3 N–H and O–H groups in total. The summed E-state index contributed by atoms with van der Waals surface area (Å²) in [5.41, 5.74) is 8.85. The molecule has 112 valence electrons. The summed E-state index contributed by atoms with van der Waals surface area (Å²) in [7, 11) is 2.03. The summed E-state index contributed by atoms with van der Waals surface area (Å²) in [5, 5.41) is 10.3. The maximum Gasteiger partial charge on any atom is 0.0916 e. The van der Waals surface area contributed by atoms with Gasteiger partial charge in [0.2, 0.25) is 0 Å². The number of aromatic nitrogens is 1. The van der Waals surface area contributed by atoms with Crippen molar-refractivity contribution < 1.29 is 5.11 Å². The van der Waals surface area contributed by atoms with Crippen LogP contribution in [0.25, 0.3) is 0 Å². The summed E-state index contributed by atoms with van der Waals surface area (Å²) in [6, 6.07) is 11.9. The van der Waals surface area contributed by atoms with E-state index in [-0.39, 0.29) is 0 Å². The van der Waals surface area contributed by atoms with Crippen molar-refractivity contribution in [3.05, 3.63) is 65.5 Å². The lowest BCUT2D eigenvalue weighted by molar-refractivity contribution is 0.127. The van der Waals surface area contributed by atoms with Crippen LogP contribution in [0.5, 0.6) is 0 Å². The minimum Gasteiger partial charge on any atom is -0.387 e. The standard InChI is InChI=1S/C17H23N3O/c1-20(11-8-14-6-9-19-10-7-14)13-17(21)16-4-2-15(12-18)3-5-16/h2-7,9-10,17,21H,8,11-13,18H2,1H3. The van der Waals surface area contributed by atoms with E-state index in [9.17, 15) is 5.11 Å². The van der Waals surface area contributed by atoms with Crippen molar-refractivity contribution in [3.8, 4) is 0 Å². The van der Waals surface area contributed by atoms with Crippen LogP contribution in [-0.4, -0.2) is 35.1 Å².